The summed E-state index contributed by atoms with van der Waals surface area (Å²) in [7, 11) is 3.65. The zero-order valence-corrected chi connectivity index (χ0v) is 19.3. The predicted molar refractivity (Wildman–Crippen MR) is 131 cm³/mol. The quantitative estimate of drug-likeness (QED) is 0.317. The Labute approximate surface area is 196 Å². The fourth-order valence-electron chi connectivity index (χ4n) is 4.23. The molecule has 0 saturated heterocycles. The number of methoxy groups -OCH3 is 1. The molecule has 0 aliphatic heterocycles. The van der Waals surface area contributed by atoms with Gasteiger partial charge in [-0.15, -0.1) is 0 Å². The van der Waals surface area contributed by atoms with Gasteiger partial charge in [0.25, 0.3) is 5.56 Å². The largest absolute Gasteiger partial charge is 0.506 e. The van der Waals surface area contributed by atoms with Gasteiger partial charge < -0.3 is 29.8 Å². The Kier molecular flexibility index (Phi) is 6.43. The molecule has 0 amide bonds. The number of hydrogen-bond acceptors (Lipinski definition) is 5. The van der Waals surface area contributed by atoms with Gasteiger partial charge in [0.2, 0.25) is 0 Å². The molecule has 0 atom stereocenters. The number of aromatic hydroxyl groups is 1. The number of carboxylic acids is 1. The lowest BCUT2D eigenvalue weighted by Gasteiger charge is -2.12. The zero-order valence-electron chi connectivity index (χ0n) is 19.3. The summed E-state index contributed by atoms with van der Waals surface area (Å²) >= 11 is 0. The number of aromatic carboxylic acids is 1. The molecule has 0 aliphatic rings. The van der Waals surface area contributed by atoms with Crippen molar-refractivity contribution in [3.8, 4) is 22.8 Å². The van der Waals surface area contributed by atoms with E-state index < -0.39 is 22.8 Å². The molecule has 4 aromatic rings. The van der Waals surface area contributed by atoms with Gasteiger partial charge in [-0.25, -0.2) is 4.79 Å². The summed E-state index contributed by atoms with van der Waals surface area (Å²) < 4.78 is 7.30. The first kappa shape index (κ1) is 23.1. The van der Waals surface area contributed by atoms with Crippen molar-refractivity contribution in [1.29, 1.82) is 0 Å². The Morgan fingerprint density at radius 1 is 1.12 bits per heavy atom. The minimum absolute atomic E-state index is 0.367. The summed E-state index contributed by atoms with van der Waals surface area (Å²) in [4.78, 5) is 26.4. The maximum absolute atomic E-state index is 12.3. The smallest absolute Gasteiger partial charge is 0.345 e. The summed E-state index contributed by atoms with van der Waals surface area (Å²) in [6.07, 6.45) is 0.367. The zero-order chi connectivity index (χ0) is 24.4. The Bertz CT molecular complexity index is 1420. The van der Waals surface area contributed by atoms with Crippen LogP contribution in [-0.4, -0.2) is 32.8 Å². The molecule has 2 aromatic carbocycles. The predicted octanol–water partition coefficient (Wildman–Crippen LogP) is 3.80. The van der Waals surface area contributed by atoms with Crippen LogP contribution in [0.4, 0.5) is 0 Å². The van der Waals surface area contributed by atoms with Gasteiger partial charge in [-0.1, -0.05) is 25.1 Å². The standard InChI is InChI=1S/C26H27N3O5/c1-4-20-23(28-25(31)22(24(20)30)26(32)33)16-7-10-21-17(11-16)12-18(29(21)2)14-27-13-15-5-8-19(34-3)9-6-15/h5-12,27H,4,13-14H2,1-3H3,(H,32,33)(H2,28,30,31). The molecule has 4 N–H and O–H groups in total. The maximum Gasteiger partial charge on any atom is 0.345 e. The van der Waals surface area contributed by atoms with E-state index in [1.807, 2.05) is 49.5 Å². The van der Waals surface area contributed by atoms with Crippen LogP contribution >= 0.6 is 0 Å². The number of aryl methyl sites for hydroxylation is 1. The molecule has 2 aromatic heterocycles. The van der Waals surface area contributed by atoms with Crippen LogP contribution in [0.2, 0.25) is 0 Å². The molecule has 0 aliphatic carbocycles. The van der Waals surface area contributed by atoms with Crippen molar-refractivity contribution < 1.29 is 19.7 Å². The van der Waals surface area contributed by atoms with Crippen LogP contribution in [-0.2, 0) is 26.6 Å². The van der Waals surface area contributed by atoms with Crippen LogP contribution in [0.25, 0.3) is 22.2 Å². The minimum Gasteiger partial charge on any atom is -0.506 e. The van der Waals surface area contributed by atoms with Crippen molar-refractivity contribution in [2.24, 2.45) is 7.05 Å². The van der Waals surface area contributed by atoms with Crippen LogP contribution in [0.5, 0.6) is 11.5 Å². The van der Waals surface area contributed by atoms with Gasteiger partial charge >= 0.3 is 5.97 Å². The molecule has 0 saturated carbocycles. The topological polar surface area (TPSA) is 117 Å². The van der Waals surface area contributed by atoms with Gasteiger partial charge in [0, 0.05) is 42.3 Å². The Balaban J connectivity index is 1.61. The Morgan fingerprint density at radius 2 is 1.85 bits per heavy atom. The molecule has 8 heteroatoms. The lowest BCUT2D eigenvalue weighted by atomic mass is 9.99. The van der Waals surface area contributed by atoms with Crippen molar-refractivity contribution in [2.75, 3.05) is 7.11 Å². The van der Waals surface area contributed by atoms with E-state index in [1.165, 1.54) is 0 Å². The second-order valence-electron chi connectivity index (χ2n) is 8.11. The maximum atomic E-state index is 12.3. The molecule has 0 bridgehead atoms. The van der Waals surface area contributed by atoms with Gasteiger partial charge in [0.15, 0.2) is 5.56 Å². The summed E-state index contributed by atoms with van der Waals surface area (Å²) in [6.45, 7) is 3.18. The number of aromatic nitrogens is 2. The van der Waals surface area contributed by atoms with E-state index in [4.69, 9.17) is 4.74 Å². The van der Waals surface area contributed by atoms with Crippen LogP contribution in [0.3, 0.4) is 0 Å². The van der Waals surface area contributed by atoms with Gasteiger partial charge in [-0.3, -0.25) is 4.79 Å². The van der Waals surface area contributed by atoms with Crippen LogP contribution in [0, 0.1) is 0 Å². The molecule has 8 nitrogen and oxygen atoms in total. The normalized spacial score (nSPS) is 11.1. The van der Waals surface area contributed by atoms with Crippen molar-refractivity contribution in [2.45, 2.75) is 26.4 Å². The Morgan fingerprint density at radius 3 is 2.50 bits per heavy atom. The second-order valence-corrected chi connectivity index (χ2v) is 8.11. The number of nitrogens with one attached hydrogen (secondary N) is 2. The highest BCUT2D eigenvalue weighted by Crippen LogP contribution is 2.32. The summed E-state index contributed by atoms with van der Waals surface area (Å²) in [5.74, 6) is -1.11. The number of carboxylic acid groups (broad SMARTS) is 1. The number of nitrogens with zero attached hydrogens (tertiary/aromatic N) is 1. The SMILES string of the molecule is CCc1c(-c2ccc3c(c2)cc(CNCc2ccc(OC)cc2)n3C)[nH]c(=O)c(C(=O)O)c1O. The number of aromatic amines is 1. The second kappa shape index (κ2) is 9.44. The highest BCUT2D eigenvalue weighted by Gasteiger charge is 2.22. The monoisotopic (exact) mass is 461 g/mol. The van der Waals surface area contributed by atoms with Crippen LogP contribution in [0.1, 0.15) is 34.1 Å². The summed E-state index contributed by atoms with van der Waals surface area (Å²) in [5, 5.41) is 24.2. The summed E-state index contributed by atoms with van der Waals surface area (Å²) in [5.41, 5.74) is 3.35. The fourth-order valence-corrected chi connectivity index (χ4v) is 4.23. The molecule has 4 rings (SSSR count). The Hall–Kier alpha value is -4.04. The molecular formula is C26H27N3O5. The third-order valence-electron chi connectivity index (χ3n) is 6.08. The number of fused-ring (bicyclic) bond motifs is 1. The number of H-pyrrole nitrogens is 1. The highest BCUT2D eigenvalue weighted by atomic mass is 16.5. The molecule has 0 fully saturated rings. The summed E-state index contributed by atoms with van der Waals surface area (Å²) in [6, 6.07) is 15.8. The van der Waals surface area contributed by atoms with Gasteiger partial charge in [0.05, 0.1) is 12.8 Å². The van der Waals surface area contributed by atoms with Crippen molar-refractivity contribution in [1.82, 2.24) is 14.9 Å². The first-order valence-electron chi connectivity index (χ1n) is 11.0. The van der Waals surface area contributed by atoms with Crippen molar-refractivity contribution in [3.05, 3.63) is 81.3 Å². The average Bonchev–Trinajstić information content (AvgIpc) is 3.13. The minimum atomic E-state index is -1.45. The molecule has 0 unspecified atom stereocenters. The van der Waals surface area contributed by atoms with E-state index in [2.05, 4.69) is 20.9 Å². The van der Waals surface area contributed by atoms with E-state index in [0.29, 0.717) is 36.3 Å². The molecule has 34 heavy (non-hydrogen) atoms. The third kappa shape index (κ3) is 4.27. The molecule has 2 heterocycles. The fraction of sp³-hybridized carbons (Fsp3) is 0.231. The van der Waals surface area contributed by atoms with E-state index in [1.54, 1.807) is 14.0 Å². The number of hydrogen-bond donors (Lipinski definition) is 4. The van der Waals surface area contributed by atoms with E-state index >= 15 is 0 Å². The number of ether oxygens (including phenoxy) is 1. The first-order valence-corrected chi connectivity index (χ1v) is 11.0. The lowest BCUT2D eigenvalue weighted by molar-refractivity contribution is 0.0691. The van der Waals surface area contributed by atoms with Crippen molar-refractivity contribution >= 4 is 16.9 Å². The molecule has 0 radical (unpaired) electrons. The average molecular weight is 462 g/mol. The van der Waals surface area contributed by atoms with Crippen molar-refractivity contribution in [3.63, 3.8) is 0 Å². The van der Waals surface area contributed by atoms with Crippen LogP contribution < -0.4 is 15.6 Å². The highest BCUT2D eigenvalue weighted by molar-refractivity contribution is 5.92. The molecule has 176 valence electrons. The lowest BCUT2D eigenvalue weighted by Crippen LogP contribution is -2.20. The number of rotatable bonds is 8. The van der Waals surface area contributed by atoms with Crippen LogP contribution in [0.15, 0.2) is 53.3 Å². The number of pyridine rings is 1. The van der Waals surface area contributed by atoms with Gasteiger partial charge in [0.1, 0.15) is 11.5 Å². The van der Waals surface area contributed by atoms with E-state index in [-0.39, 0.29) is 0 Å². The van der Waals surface area contributed by atoms with Gasteiger partial charge in [-0.05, 0) is 47.9 Å². The van der Waals surface area contributed by atoms with Gasteiger partial charge in [-0.2, -0.15) is 0 Å². The molecular weight excluding hydrogens is 434 g/mol. The first-order chi connectivity index (χ1) is 16.3. The van der Waals surface area contributed by atoms with E-state index in [9.17, 15) is 19.8 Å². The van der Waals surface area contributed by atoms with E-state index in [0.717, 1.165) is 27.9 Å². The number of benzene rings is 2. The number of carbonyl (C=O) groups is 1. The molecule has 0 spiro atoms. The third-order valence-corrected chi connectivity index (χ3v) is 6.08.